The molecule has 6 nitrogen and oxygen atoms in total. The molecule has 0 atom stereocenters. The molecule has 1 N–H and O–H groups in total. The molecule has 1 aromatic heterocycles. The number of pyridine rings is 1. The number of nitrogens with zero attached hydrogens (tertiary/aromatic N) is 3. The van der Waals surface area contributed by atoms with Crippen molar-refractivity contribution in [2.75, 3.05) is 11.9 Å². The van der Waals surface area contributed by atoms with Crippen molar-refractivity contribution < 1.29 is 4.92 Å². The third kappa shape index (κ3) is 4.02. The van der Waals surface area contributed by atoms with E-state index in [1.54, 1.807) is 0 Å². The van der Waals surface area contributed by atoms with Crippen molar-refractivity contribution in [1.82, 2.24) is 4.98 Å². The summed E-state index contributed by atoms with van der Waals surface area (Å²) in [5, 5.41) is 23.0. The van der Waals surface area contributed by atoms with Crippen LogP contribution in [0.2, 0.25) is 0 Å². The first-order chi connectivity index (χ1) is 10.2. The quantitative estimate of drug-likeness (QED) is 0.507. The lowest BCUT2D eigenvalue weighted by Crippen LogP contribution is -2.08. The summed E-state index contributed by atoms with van der Waals surface area (Å²) in [5.74, 6) is 0.174. The molecule has 0 saturated heterocycles. The van der Waals surface area contributed by atoms with Crippen LogP contribution in [0.4, 0.5) is 11.5 Å². The van der Waals surface area contributed by atoms with Crippen molar-refractivity contribution in [3.8, 4) is 6.07 Å². The number of hydrogen-bond acceptors (Lipinski definition) is 5. The average Bonchev–Trinajstić information content (AvgIpc) is 2.75. The summed E-state index contributed by atoms with van der Waals surface area (Å²) in [6, 6.07) is 3.19. The molecule has 2 rings (SSSR count). The Balaban J connectivity index is 2.02. The van der Waals surface area contributed by atoms with Crippen LogP contribution in [0.5, 0.6) is 0 Å². The van der Waals surface area contributed by atoms with E-state index in [1.807, 2.05) is 6.07 Å². The molecule has 0 amide bonds. The molecule has 0 fully saturated rings. The van der Waals surface area contributed by atoms with E-state index in [2.05, 4.69) is 16.4 Å². The second-order valence-corrected chi connectivity index (χ2v) is 5.06. The largest absolute Gasteiger partial charge is 0.364 e. The molecule has 1 aliphatic carbocycles. The van der Waals surface area contributed by atoms with Crippen molar-refractivity contribution in [3.05, 3.63) is 39.6 Å². The van der Waals surface area contributed by atoms with Gasteiger partial charge in [-0.05, 0) is 38.2 Å². The number of aromatic nitrogens is 1. The molecule has 0 saturated carbocycles. The van der Waals surface area contributed by atoms with E-state index in [1.165, 1.54) is 37.1 Å². The van der Waals surface area contributed by atoms with Crippen molar-refractivity contribution in [1.29, 1.82) is 5.26 Å². The Morgan fingerprint density at radius 1 is 1.43 bits per heavy atom. The lowest BCUT2D eigenvalue weighted by Gasteiger charge is -2.08. The first-order valence-corrected chi connectivity index (χ1v) is 7.17. The van der Waals surface area contributed by atoms with Gasteiger partial charge >= 0.3 is 5.69 Å². The van der Waals surface area contributed by atoms with Gasteiger partial charge in [0.1, 0.15) is 11.6 Å². The summed E-state index contributed by atoms with van der Waals surface area (Å²) in [6.45, 7) is 0.592. The molecule has 1 aliphatic rings. The van der Waals surface area contributed by atoms with Crippen LogP contribution in [0.3, 0.4) is 0 Å². The highest BCUT2D eigenvalue weighted by Crippen LogP contribution is 2.26. The van der Waals surface area contributed by atoms with E-state index >= 15 is 0 Å². The summed E-state index contributed by atoms with van der Waals surface area (Å²) >= 11 is 0. The monoisotopic (exact) mass is 286 g/mol. The van der Waals surface area contributed by atoms with E-state index in [-0.39, 0.29) is 17.1 Å². The van der Waals surface area contributed by atoms with Gasteiger partial charge in [-0.25, -0.2) is 4.98 Å². The van der Waals surface area contributed by atoms with Crippen molar-refractivity contribution >= 4 is 11.5 Å². The molecule has 0 bridgehead atoms. The Hall–Kier alpha value is -2.42. The molecule has 110 valence electrons. The highest BCUT2D eigenvalue weighted by atomic mass is 16.6. The normalized spacial score (nSPS) is 14.7. The first kappa shape index (κ1) is 15.0. The predicted molar refractivity (Wildman–Crippen MR) is 79.9 cm³/mol. The summed E-state index contributed by atoms with van der Waals surface area (Å²) in [4.78, 5) is 14.5. The molecule has 6 heteroatoms. The van der Waals surface area contributed by atoms with Crippen molar-refractivity contribution in [2.45, 2.75) is 38.5 Å². The Kier molecular flexibility index (Phi) is 5.27. The van der Waals surface area contributed by atoms with Crippen LogP contribution in [-0.4, -0.2) is 16.5 Å². The maximum absolute atomic E-state index is 11.1. The molecule has 21 heavy (non-hydrogen) atoms. The fourth-order valence-corrected chi connectivity index (χ4v) is 2.51. The minimum atomic E-state index is -0.557. The maximum atomic E-state index is 11.1. The molecule has 0 aliphatic heterocycles. The molecule has 1 aromatic rings. The zero-order chi connectivity index (χ0) is 15.1. The Morgan fingerprint density at radius 3 is 3.05 bits per heavy atom. The minimum Gasteiger partial charge on any atom is -0.364 e. The number of hydrogen-bond donors (Lipinski definition) is 1. The second kappa shape index (κ2) is 7.39. The van der Waals surface area contributed by atoms with E-state index < -0.39 is 4.92 Å². The van der Waals surface area contributed by atoms with Gasteiger partial charge < -0.3 is 5.32 Å². The molecule has 0 unspecified atom stereocenters. The third-order valence-electron chi connectivity index (χ3n) is 3.60. The predicted octanol–water partition coefficient (Wildman–Crippen LogP) is 3.55. The zero-order valence-corrected chi connectivity index (χ0v) is 11.8. The van der Waals surface area contributed by atoms with Crippen LogP contribution in [0.1, 0.15) is 44.1 Å². The van der Waals surface area contributed by atoms with Crippen molar-refractivity contribution in [3.63, 3.8) is 0 Å². The smallest absolute Gasteiger partial charge is 0.328 e. The van der Waals surface area contributed by atoms with E-state index in [0.717, 1.165) is 19.3 Å². The number of rotatable bonds is 5. The number of anilines is 1. The molecule has 0 aromatic carbocycles. The fourth-order valence-electron chi connectivity index (χ4n) is 2.51. The van der Waals surface area contributed by atoms with Gasteiger partial charge in [0.05, 0.1) is 4.92 Å². The van der Waals surface area contributed by atoms with Gasteiger partial charge in [-0.1, -0.05) is 18.1 Å². The Bertz CT molecular complexity index is 590. The standard InChI is InChI=1S/C15H18N4O2/c16-11-13-8-10-18-15(14(13)19(20)21)17-9-7-12-5-3-1-2-4-6-12/h5,8,10H,1-4,6-7,9H2,(H,17,18). The van der Waals surface area contributed by atoms with Crippen LogP contribution in [-0.2, 0) is 0 Å². The van der Waals surface area contributed by atoms with Gasteiger partial charge in [-0.3, -0.25) is 10.1 Å². The Labute approximate surface area is 123 Å². The fraction of sp³-hybridized carbons (Fsp3) is 0.467. The van der Waals surface area contributed by atoms with Gasteiger partial charge in [-0.2, -0.15) is 5.26 Å². The van der Waals surface area contributed by atoms with Crippen LogP contribution < -0.4 is 5.32 Å². The van der Waals surface area contributed by atoms with Gasteiger partial charge in [0.2, 0.25) is 5.82 Å². The summed E-state index contributed by atoms with van der Waals surface area (Å²) in [7, 11) is 0. The van der Waals surface area contributed by atoms with E-state index in [0.29, 0.717) is 6.54 Å². The van der Waals surface area contributed by atoms with Crippen LogP contribution >= 0.6 is 0 Å². The van der Waals surface area contributed by atoms with Crippen LogP contribution in [0.25, 0.3) is 0 Å². The first-order valence-electron chi connectivity index (χ1n) is 7.17. The lowest BCUT2D eigenvalue weighted by molar-refractivity contribution is -0.384. The van der Waals surface area contributed by atoms with E-state index in [4.69, 9.17) is 5.26 Å². The topological polar surface area (TPSA) is 91.8 Å². The number of nitro groups is 1. The number of nitrogens with one attached hydrogen (secondary N) is 1. The lowest BCUT2D eigenvalue weighted by atomic mass is 10.1. The molecule has 1 heterocycles. The summed E-state index contributed by atoms with van der Waals surface area (Å²) in [6.07, 6.45) is 10.5. The summed E-state index contributed by atoms with van der Waals surface area (Å²) < 4.78 is 0. The molecular weight excluding hydrogens is 268 g/mol. The van der Waals surface area contributed by atoms with Gasteiger partial charge in [0.15, 0.2) is 0 Å². The number of nitriles is 1. The van der Waals surface area contributed by atoms with Gasteiger partial charge in [0.25, 0.3) is 0 Å². The highest BCUT2D eigenvalue weighted by molar-refractivity contribution is 5.64. The van der Waals surface area contributed by atoms with Crippen molar-refractivity contribution in [2.24, 2.45) is 0 Å². The molecule has 0 spiro atoms. The van der Waals surface area contributed by atoms with Crippen LogP contribution in [0.15, 0.2) is 23.9 Å². The second-order valence-electron chi connectivity index (χ2n) is 5.06. The molecule has 0 radical (unpaired) electrons. The third-order valence-corrected chi connectivity index (χ3v) is 3.60. The summed E-state index contributed by atoms with van der Waals surface area (Å²) in [5.41, 5.74) is 1.19. The highest BCUT2D eigenvalue weighted by Gasteiger charge is 2.20. The minimum absolute atomic E-state index is 0.0335. The van der Waals surface area contributed by atoms with E-state index in [9.17, 15) is 10.1 Å². The Morgan fingerprint density at radius 2 is 2.29 bits per heavy atom. The van der Waals surface area contributed by atoms with Gasteiger partial charge in [0, 0.05) is 12.7 Å². The molecular formula is C15H18N4O2. The maximum Gasteiger partial charge on any atom is 0.328 e. The average molecular weight is 286 g/mol. The van der Waals surface area contributed by atoms with Gasteiger partial charge in [-0.15, -0.1) is 0 Å². The van der Waals surface area contributed by atoms with Crippen LogP contribution in [0, 0.1) is 21.4 Å². The SMILES string of the molecule is N#Cc1ccnc(NCCC2=CCCCCC2)c1[N+](=O)[O-]. The number of allylic oxidation sites excluding steroid dienone is 1. The zero-order valence-electron chi connectivity index (χ0n) is 11.8.